The number of carbonyl (C=O) groups is 2. The number of rotatable bonds is 8. The maximum Gasteiger partial charge on any atom is 0.410 e. The highest BCUT2D eigenvalue weighted by Gasteiger charge is 2.40. The molecule has 0 saturated carbocycles. The first-order valence-electron chi connectivity index (χ1n) is 8.72. The van der Waals surface area contributed by atoms with E-state index >= 15 is 0 Å². The van der Waals surface area contributed by atoms with Crippen molar-refractivity contribution in [2.75, 3.05) is 32.8 Å². The fourth-order valence-electron chi connectivity index (χ4n) is 2.98. The van der Waals surface area contributed by atoms with E-state index in [-0.39, 0.29) is 56.3 Å². The average molecular weight is 413 g/mol. The molecular weight excluding hydrogens is 390 g/mol. The minimum absolute atomic E-state index is 0.0544. The summed E-state index contributed by atoms with van der Waals surface area (Å²) in [6, 6.07) is 4.82. The molecule has 0 unspecified atom stereocenters. The van der Waals surface area contributed by atoms with Crippen LogP contribution < -0.4 is 0 Å². The van der Waals surface area contributed by atoms with Crippen molar-refractivity contribution in [1.29, 1.82) is 0 Å². The first kappa shape index (κ1) is 21.9. The second-order valence-electron chi connectivity index (χ2n) is 6.31. The maximum absolute atomic E-state index is 12.7. The standard InChI is InChI=1S/C17H23N3O7S/c21-7-5-18(6-8-22)16(23)15-9-14(28)10-19(15)17(24)27-11-12-1-3-13(4-2-12)20(25)26/h1-4,14-15,21-22,28H,5-11H2/t14-,15-/m0/s1. The number of ether oxygens (including phenoxy) is 1. The lowest BCUT2D eigenvalue weighted by Gasteiger charge is -2.29. The van der Waals surface area contributed by atoms with Crippen LogP contribution in [-0.2, 0) is 16.1 Å². The van der Waals surface area contributed by atoms with Crippen LogP contribution in [0.15, 0.2) is 24.3 Å². The smallest absolute Gasteiger partial charge is 0.410 e. The molecule has 2 N–H and O–H groups in total. The molecule has 10 nitrogen and oxygen atoms in total. The fourth-order valence-corrected chi connectivity index (χ4v) is 3.35. The predicted molar refractivity (Wildman–Crippen MR) is 102 cm³/mol. The molecule has 0 radical (unpaired) electrons. The molecule has 1 aromatic rings. The van der Waals surface area contributed by atoms with Crippen LogP contribution in [-0.4, -0.2) is 81.1 Å². The van der Waals surface area contributed by atoms with Crippen LogP contribution in [0.5, 0.6) is 0 Å². The predicted octanol–water partition coefficient (Wildman–Crippen LogP) is 0.417. The molecule has 0 bridgehead atoms. The number of benzene rings is 1. The number of hydrogen-bond donors (Lipinski definition) is 3. The molecule has 2 atom stereocenters. The van der Waals surface area contributed by atoms with Gasteiger partial charge < -0.3 is 19.8 Å². The first-order chi connectivity index (χ1) is 13.4. The van der Waals surface area contributed by atoms with Gasteiger partial charge in [0.1, 0.15) is 12.6 Å². The molecule has 0 spiro atoms. The van der Waals surface area contributed by atoms with Crippen LogP contribution in [0.2, 0.25) is 0 Å². The van der Waals surface area contributed by atoms with E-state index in [1.54, 1.807) is 0 Å². The van der Waals surface area contributed by atoms with Crippen molar-refractivity contribution in [1.82, 2.24) is 9.80 Å². The van der Waals surface area contributed by atoms with Gasteiger partial charge in [-0.1, -0.05) is 0 Å². The van der Waals surface area contributed by atoms with Crippen LogP contribution in [0.3, 0.4) is 0 Å². The third-order valence-electron chi connectivity index (χ3n) is 4.36. The summed E-state index contributed by atoms with van der Waals surface area (Å²) in [7, 11) is 0. The van der Waals surface area contributed by atoms with E-state index in [0.717, 1.165) is 0 Å². The largest absolute Gasteiger partial charge is 0.445 e. The normalized spacial score (nSPS) is 18.8. The second-order valence-corrected chi connectivity index (χ2v) is 7.04. The Morgan fingerprint density at radius 1 is 1.25 bits per heavy atom. The number of aliphatic hydroxyl groups is 2. The third-order valence-corrected chi connectivity index (χ3v) is 4.73. The maximum atomic E-state index is 12.7. The first-order valence-corrected chi connectivity index (χ1v) is 9.24. The average Bonchev–Trinajstić information content (AvgIpc) is 3.07. The van der Waals surface area contributed by atoms with Crippen molar-refractivity contribution in [2.45, 2.75) is 24.3 Å². The third kappa shape index (κ3) is 5.57. The van der Waals surface area contributed by atoms with Crippen molar-refractivity contribution in [3.63, 3.8) is 0 Å². The number of carbonyl (C=O) groups excluding carboxylic acids is 2. The number of non-ortho nitro benzene ring substituents is 1. The Balaban J connectivity index is 2.01. The van der Waals surface area contributed by atoms with Crippen LogP contribution >= 0.6 is 12.6 Å². The Morgan fingerprint density at radius 2 is 1.86 bits per heavy atom. The zero-order valence-electron chi connectivity index (χ0n) is 15.1. The van der Waals surface area contributed by atoms with Gasteiger partial charge in [0, 0.05) is 37.0 Å². The monoisotopic (exact) mass is 413 g/mol. The summed E-state index contributed by atoms with van der Waals surface area (Å²) in [5.41, 5.74) is 0.511. The molecular formula is C17H23N3O7S. The van der Waals surface area contributed by atoms with Crippen LogP contribution in [0, 0.1) is 10.1 Å². The molecule has 0 aromatic heterocycles. The molecule has 1 saturated heterocycles. The Labute approximate surface area is 167 Å². The van der Waals surface area contributed by atoms with Crippen LogP contribution in [0.25, 0.3) is 0 Å². The number of likely N-dealkylation sites (tertiary alicyclic amines) is 1. The SMILES string of the molecule is O=C([C@@H]1C[C@H](S)CN1C(=O)OCc1ccc([N+](=O)[O-])cc1)N(CCO)CCO. The van der Waals surface area contributed by atoms with E-state index in [1.807, 2.05) is 0 Å². The highest BCUT2D eigenvalue weighted by Crippen LogP contribution is 2.25. The Kier molecular flexibility index (Phi) is 8.03. The molecule has 1 aliphatic heterocycles. The number of aliphatic hydroxyl groups excluding tert-OH is 2. The summed E-state index contributed by atoms with van der Waals surface area (Å²) in [5, 5.41) is 28.7. The van der Waals surface area contributed by atoms with Crippen LogP contribution in [0.4, 0.5) is 10.5 Å². The summed E-state index contributed by atoms with van der Waals surface area (Å²) in [6.07, 6.45) is -0.358. The van der Waals surface area contributed by atoms with Gasteiger partial charge in [0.25, 0.3) is 5.69 Å². The second kappa shape index (κ2) is 10.2. The van der Waals surface area contributed by atoms with Crippen molar-refractivity contribution in [3.05, 3.63) is 39.9 Å². The van der Waals surface area contributed by atoms with Gasteiger partial charge in [-0.3, -0.25) is 19.8 Å². The molecule has 1 aliphatic rings. The Hall–Kier alpha value is -2.37. The molecule has 1 heterocycles. The van der Waals surface area contributed by atoms with Crippen molar-refractivity contribution in [3.8, 4) is 0 Å². The van der Waals surface area contributed by atoms with Crippen molar-refractivity contribution >= 4 is 30.3 Å². The molecule has 28 heavy (non-hydrogen) atoms. The number of nitrogens with zero attached hydrogens (tertiary/aromatic N) is 3. The minimum atomic E-state index is -0.787. The summed E-state index contributed by atoms with van der Waals surface area (Å²) in [5.74, 6) is -0.382. The van der Waals surface area contributed by atoms with E-state index in [0.29, 0.717) is 12.0 Å². The zero-order chi connectivity index (χ0) is 20.7. The topological polar surface area (TPSA) is 133 Å². The minimum Gasteiger partial charge on any atom is -0.445 e. The molecule has 154 valence electrons. The summed E-state index contributed by atoms with van der Waals surface area (Å²) in [4.78, 5) is 37.9. The quantitative estimate of drug-likeness (QED) is 0.319. The van der Waals surface area contributed by atoms with Gasteiger partial charge in [-0.25, -0.2) is 4.79 Å². The lowest BCUT2D eigenvalue weighted by Crippen LogP contribution is -2.49. The van der Waals surface area contributed by atoms with Crippen LogP contribution in [0.1, 0.15) is 12.0 Å². The highest BCUT2D eigenvalue weighted by molar-refractivity contribution is 7.81. The van der Waals surface area contributed by atoms with E-state index in [2.05, 4.69) is 12.6 Å². The fraction of sp³-hybridized carbons (Fsp3) is 0.529. The van der Waals surface area contributed by atoms with Gasteiger partial charge in [-0.2, -0.15) is 12.6 Å². The van der Waals surface area contributed by atoms with Gasteiger partial charge in [0.05, 0.1) is 18.1 Å². The number of nitro groups is 1. The lowest BCUT2D eigenvalue weighted by atomic mass is 10.2. The number of nitro benzene ring substituents is 1. The molecule has 2 rings (SSSR count). The Bertz CT molecular complexity index is 694. The van der Waals surface area contributed by atoms with Gasteiger partial charge in [-0.15, -0.1) is 0 Å². The van der Waals surface area contributed by atoms with Gasteiger partial charge in [-0.05, 0) is 24.1 Å². The van der Waals surface area contributed by atoms with Gasteiger partial charge >= 0.3 is 6.09 Å². The summed E-state index contributed by atoms with van der Waals surface area (Å²) >= 11 is 4.36. The molecule has 0 aliphatic carbocycles. The van der Waals surface area contributed by atoms with E-state index in [4.69, 9.17) is 14.9 Å². The number of hydrogen-bond acceptors (Lipinski definition) is 8. The van der Waals surface area contributed by atoms with Gasteiger partial charge in [0.15, 0.2) is 0 Å². The number of amides is 2. The summed E-state index contributed by atoms with van der Waals surface area (Å²) < 4.78 is 5.25. The highest BCUT2D eigenvalue weighted by atomic mass is 32.1. The lowest BCUT2D eigenvalue weighted by molar-refractivity contribution is -0.384. The molecule has 1 fully saturated rings. The number of thiol groups is 1. The van der Waals surface area contributed by atoms with Crippen molar-refractivity contribution < 1.29 is 29.5 Å². The summed E-state index contributed by atoms with van der Waals surface area (Å²) in [6.45, 7) is -0.272. The van der Waals surface area contributed by atoms with Gasteiger partial charge in [0.2, 0.25) is 5.91 Å². The van der Waals surface area contributed by atoms with E-state index in [9.17, 15) is 19.7 Å². The zero-order valence-corrected chi connectivity index (χ0v) is 16.0. The molecule has 2 amide bonds. The molecule has 1 aromatic carbocycles. The van der Waals surface area contributed by atoms with E-state index in [1.165, 1.54) is 34.1 Å². The Morgan fingerprint density at radius 3 is 2.39 bits per heavy atom. The van der Waals surface area contributed by atoms with Crippen molar-refractivity contribution in [2.24, 2.45) is 0 Å². The molecule has 11 heteroatoms. The van der Waals surface area contributed by atoms with E-state index < -0.39 is 17.1 Å².